The Morgan fingerprint density at radius 2 is 2.14 bits per heavy atom. The number of aryl methyl sites for hydroxylation is 1. The number of fused-ring (bicyclic) bond motifs is 1. The van der Waals surface area contributed by atoms with Crippen LogP contribution in [0, 0.1) is 12.8 Å². The number of para-hydroxylation sites is 1. The maximum absolute atomic E-state index is 5.99. The fourth-order valence-electron chi connectivity index (χ4n) is 3.80. The smallest absolute Gasteiger partial charge is 0.126 e. The molecular formula is C18H28N2O. The third-order valence-corrected chi connectivity index (χ3v) is 5.02. The summed E-state index contributed by atoms with van der Waals surface area (Å²) in [6, 6.07) is 7.62. The second kappa shape index (κ2) is 6.37. The summed E-state index contributed by atoms with van der Waals surface area (Å²) >= 11 is 0. The van der Waals surface area contributed by atoms with Crippen LogP contribution in [0.2, 0.25) is 0 Å². The van der Waals surface area contributed by atoms with Crippen molar-refractivity contribution in [1.82, 2.24) is 10.2 Å². The van der Waals surface area contributed by atoms with Crippen molar-refractivity contribution in [3.63, 3.8) is 0 Å². The molecule has 116 valence electrons. The molecule has 3 atom stereocenters. The first-order valence-corrected chi connectivity index (χ1v) is 8.32. The van der Waals surface area contributed by atoms with Crippen LogP contribution in [0.5, 0.6) is 5.75 Å². The van der Waals surface area contributed by atoms with E-state index >= 15 is 0 Å². The Hall–Kier alpha value is -1.06. The summed E-state index contributed by atoms with van der Waals surface area (Å²) in [5, 5.41) is 3.94. The van der Waals surface area contributed by atoms with Gasteiger partial charge in [-0.2, -0.15) is 0 Å². The standard InChI is InChI=1S/C18H28N2O/c1-13-6-4-7-15-17(8-5-11-21-18(13)15)19-16-9-10-20(3)12-14(16)2/h4,6-7,14,16-17,19H,5,8-12H2,1-3H3. The molecule has 2 aliphatic rings. The van der Waals surface area contributed by atoms with Crippen molar-refractivity contribution >= 4 is 0 Å². The number of benzene rings is 1. The Kier molecular flexibility index (Phi) is 4.51. The van der Waals surface area contributed by atoms with Crippen molar-refractivity contribution in [2.45, 2.75) is 45.2 Å². The zero-order chi connectivity index (χ0) is 14.8. The van der Waals surface area contributed by atoms with E-state index in [1.807, 2.05) is 0 Å². The van der Waals surface area contributed by atoms with Gasteiger partial charge in [-0.25, -0.2) is 0 Å². The fourth-order valence-corrected chi connectivity index (χ4v) is 3.80. The molecule has 0 spiro atoms. The average Bonchev–Trinajstić information content (AvgIpc) is 2.66. The number of hydrogen-bond donors (Lipinski definition) is 1. The first kappa shape index (κ1) is 14.9. The number of piperidine rings is 1. The molecule has 2 heterocycles. The van der Waals surface area contributed by atoms with Gasteiger partial charge in [-0.1, -0.05) is 25.1 Å². The van der Waals surface area contributed by atoms with Crippen LogP contribution < -0.4 is 10.1 Å². The molecule has 1 aromatic rings. The predicted molar refractivity (Wildman–Crippen MR) is 86.9 cm³/mol. The molecule has 3 heteroatoms. The van der Waals surface area contributed by atoms with Crippen LogP contribution in [-0.2, 0) is 0 Å². The summed E-state index contributed by atoms with van der Waals surface area (Å²) in [4.78, 5) is 2.44. The summed E-state index contributed by atoms with van der Waals surface area (Å²) < 4.78 is 5.99. The van der Waals surface area contributed by atoms with Crippen molar-refractivity contribution in [3.8, 4) is 5.75 Å². The van der Waals surface area contributed by atoms with E-state index in [1.165, 1.54) is 37.1 Å². The van der Waals surface area contributed by atoms with E-state index in [-0.39, 0.29) is 0 Å². The zero-order valence-electron chi connectivity index (χ0n) is 13.6. The molecule has 3 nitrogen and oxygen atoms in total. The highest BCUT2D eigenvalue weighted by Crippen LogP contribution is 2.35. The Morgan fingerprint density at radius 1 is 1.29 bits per heavy atom. The van der Waals surface area contributed by atoms with E-state index in [1.54, 1.807) is 0 Å². The molecule has 0 radical (unpaired) electrons. The molecule has 1 saturated heterocycles. The second-order valence-electron chi connectivity index (χ2n) is 6.84. The lowest BCUT2D eigenvalue weighted by atomic mass is 9.91. The molecule has 0 aliphatic carbocycles. The minimum Gasteiger partial charge on any atom is -0.493 e. The number of ether oxygens (including phenoxy) is 1. The van der Waals surface area contributed by atoms with Gasteiger partial charge in [0.2, 0.25) is 0 Å². The Bertz CT molecular complexity index is 488. The average molecular weight is 288 g/mol. The van der Waals surface area contributed by atoms with Crippen LogP contribution in [0.1, 0.15) is 43.4 Å². The maximum atomic E-state index is 5.99. The van der Waals surface area contributed by atoms with Crippen molar-refractivity contribution < 1.29 is 4.74 Å². The number of rotatable bonds is 2. The zero-order valence-corrected chi connectivity index (χ0v) is 13.6. The molecule has 2 aliphatic heterocycles. The van der Waals surface area contributed by atoms with Crippen LogP contribution in [0.15, 0.2) is 18.2 Å². The van der Waals surface area contributed by atoms with Gasteiger partial charge in [0.05, 0.1) is 6.61 Å². The van der Waals surface area contributed by atoms with Crippen molar-refractivity contribution in [1.29, 1.82) is 0 Å². The first-order valence-electron chi connectivity index (χ1n) is 8.32. The van der Waals surface area contributed by atoms with E-state index in [0.717, 1.165) is 18.8 Å². The monoisotopic (exact) mass is 288 g/mol. The number of likely N-dealkylation sites (tertiary alicyclic amines) is 1. The van der Waals surface area contributed by atoms with Crippen LogP contribution in [0.25, 0.3) is 0 Å². The van der Waals surface area contributed by atoms with Gasteiger partial charge < -0.3 is 15.0 Å². The van der Waals surface area contributed by atoms with E-state index in [4.69, 9.17) is 4.74 Å². The van der Waals surface area contributed by atoms with Crippen LogP contribution in [-0.4, -0.2) is 37.7 Å². The third-order valence-electron chi connectivity index (χ3n) is 5.02. The molecule has 0 saturated carbocycles. The Balaban J connectivity index is 1.78. The third kappa shape index (κ3) is 3.24. The molecule has 0 amide bonds. The minimum atomic E-state index is 0.443. The molecule has 3 unspecified atom stereocenters. The van der Waals surface area contributed by atoms with Crippen molar-refractivity contribution in [2.24, 2.45) is 5.92 Å². The summed E-state index contributed by atoms with van der Waals surface area (Å²) in [6.45, 7) is 7.77. The van der Waals surface area contributed by atoms with E-state index in [0.29, 0.717) is 18.0 Å². The number of nitrogens with one attached hydrogen (secondary N) is 1. The quantitative estimate of drug-likeness (QED) is 0.905. The lowest BCUT2D eigenvalue weighted by Crippen LogP contribution is -2.48. The molecule has 1 fully saturated rings. The Morgan fingerprint density at radius 3 is 2.95 bits per heavy atom. The fraction of sp³-hybridized carbons (Fsp3) is 0.667. The van der Waals surface area contributed by atoms with Gasteiger partial charge in [-0.15, -0.1) is 0 Å². The second-order valence-corrected chi connectivity index (χ2v) is 6.84. The van der Waals surface area contributed by atoms with Gasteiger partial charge in [-0.3, -0.25) is 0 Å². The summed E-state index contributed by atoms with van der Waals surface area (Å²) in [7, 11) is 2.23. The maximum Gasteiger partial charge on any atom is 0.126 e. The molecule has 0 bridgehead atoms. The lowest BCUT2D eigenvalue weighted by molar-refractivity contribution is 0.164. The molecule has 21 heavy (non-hydrogen) atoms. The highest BCUT2D eigenvalue weighted by molar-refractivity contribution is 5.43. The number of nitrogens with zero attached hydrogens (tertiary/aromatic N) is 1. The number of hydrogen-bond acceptors (Lipinski definition) is 3. The predicted octanol–water partition coefficient (Wildman–Crippen LogP) is 3.14. The topological polar surface area (TPSA) is 24.5 Å². The van der Waals surface area contributed by atoms with Crippen molar-refractivity contribution in [2.75, 3.05) is 26.7 Å². The van der Waals surface area contributed by atoms with Crippen LogP contribution in [0.3, 0.4) is 0 Å². The summed E-state index contributed by atoms with van der Waals surface area (Å²) in [6.07, 6.45) is 3.55. The van der Waals surface area contributed by atoms with Gasteiger partial charge in [-0.05, 0) is 51.3 Å². The highest BCUT2D eigenvalue weighted by atomic mass is 16.5. The molecule has 1 N–H and O–H groups in total. The van der Waals surface area contributed by atoms with Crippen LogP contribution in [0.4, 0.5) is 0 Å². The minimum absolute atomic E-state index is 0.443. The van der Waals surface area contributed by atoms with E-state index in [2.05, 4.69) is 49.3 Å². The van der Waals surface area contributed by atoms with Gasteiger partial charge in [0.15, 0.2) is 0 Å². The summed E-state index contributed by atoms with van der Waals surface area (Å²) in [5.41, 5.74) is 2.62. The largest absolute Gasteiger partial charge is 0.493 e. The van der Waals surface area contributed by atoms with Gasteiger partial charge in [0, 0.05) is 24.2 Å². The van der Waals surface area contributed by atoms with E-state index in [9.17, 15) is 0 Å². The first-order chi connectivity index (χ1) is 10.1. The molecule has 3 rings (SSSR count). The Labute approximate surface area is 128 Å². The van der Waals surface area contributed by atoms with Gasteiger partial charge in [0.1, 0.15) is 5.75 Å². The van der Waals surface area contributed by atoms with Gasteiger partial charge >= 0.3 is 0 Å². The van der Waals surface area contributed by atoms with E-state index < -0.39 is 0 Å². The van der Waals surface area contributed by atoms with Crippen molar-refractivity contribution in [3.05, 3.63) is 29.3 Å². The lowest BCUT2D eigenvalue weighted by Gasteiger charge is -2.37. The highest BCUT2D eigenvalue weighted by Gasteiger charge is 2.28. The molecule has 1 aromatic carbocycles. The summed E-state index contributed by atoms with van der Waals surface area (Å²) in [5.74, 6) is 1.83. The molecular weight excluding hydrogens is 260 g/mol. The normalized spacial score (nSPS) is 30.3. The SMILES string of the molecule is Cc1cccc2c1OCCCC2NC1CCN(C)CC1C. The molecule has 0 aromatic heterocycles. The van der Waals surface area contributed by atoms with Gasteiger partial charge in [0.25, 0.3) is 0 Å². The van der Waals surface area contributed by atoms with Crippen LogP contribution >= 0.6 is 0 Å².